The molecule has 4 N–H and O–H groups in total. The van der Waals surface area contributed by atoms with Crippen molar-refractivity contribution in [2.45, 2.75) is 126 Å². The monoisotopic (exact) mass is 726 g/mol. The van der Waals surface area contributed by atoms with Gasteiger partial charge in [0.1, 0.15) is 12.1 Å². The van der Waals surface area contributed by atoms with Crippen LogP contribution in [0.4, 0.5) is 10.5 Å². The Bertz CT molecular complexity index is 1640. The first-order valence-corrected chi connectivity index (χ1v) is 18.4. The van der Waals surface area contributed by atoms with Gasteiger partial charge in [-0.1, -0.05) is 95.6 Å². The molecule has 0 radical (unpaired) electrons. The molecule has 3 rings (SSSR count). The Morgan fingerprint density at radius 3 is 2.04 bits per heavy atom. The Hall–Kier alpha value is -4.03. The van der Waals surface area contributed by atoms with E-state index in [0.29, 0.717) is 24.2 Å². The zero-order chi connectivity index (χ0) is 39.9. The number of fused-ring (bicyclic) bond motifs is 1. The molecule has 1 heterocycles. The number of urea groups is 1. The highest BCUT2D eigenvalue weighted by molar-refractivity contribution is 6.38. The molecule has 6 atom stereocenters. The lowest BCUT2D eigenvalue weighted by Crippen LogP contribution is -2.63. The molecule has 1 aliphatic carbocycles. The highest BCUT2D eigenvalue weighted by Gasteiger charge is 2.70. The first kappa shape index (κ1) is 42.4. The molecule has 0 bridgehead atoms. The minimum absolute atomic E-state index is 0.0482. The molecule has 1 unspecified atom stereocenters. The maximum Gasteiger partial charge on any atom is 0.315 e. The van der Waals surface area contributed by atoms with E-state index in [2.05, 4.69) is 27.8 Å². The molecule has 1 aromatic rings. The SMILES string of the molecule is C=CCNC(=O)C(=O)C(CCC)NC(=O)[C@@H]1[C@@H]2[C@H](CN1C(=O)[C@@H](NC(=O)N[C@H](CN(C)c1c(C(C)(C)C)c(=O)c1=O)C(C)(C)C)C(C)(C)C)C2(C)C. The third-order valence-electron chi connectivity index (χ3n) is 10.8. The van der Waals surface area contributed by atoms with Crippen molar-refractivity contribution in [2.24, 2.45) is 28.1 Å². The zero-order valence-electron chi connectivity index (χ0n) is 33.5. The summed E-state index contributed by atoms with van der Waals surface area (Å²) in [5.74, 6) is -2.61. The van der Waals surface area contributed by atoms with Crippen molar-refractivity contribution in [2.75, 3.05) is 31.6 Å². The molecule has 1 saturated heterocycles. The predicted octanol–water partition coefficient (Wildman–Crippen LogP) is 2.78. The van der Waals surface area contributed by atoms with Gasteiger partial charge in [0, 0.05) is 32.2 Å². The lowest BCUT2D eigenvalue weighted by atomic mass is 9.81. The fraction of sp³-hybridized carbons (Fsp3) is 0.718. The molecule has 52 heavy (non-hydrogen) atoms. The number of ketones is 1. The standard InChI is InChI=1S/C39H62N6O7/c1-15-17-22(28(46)33(50)40-18-16-2)41-32(49)27-24-21(39(24,12)13)19-45(27)34(51)31(38(9,10)11)43-35(52)42-23(36(3,4)5)20-44(14)26-25(37(6,7)8)29(47)30(26)48/h16,21-24,27,31H,2,15,17-20H2,1,3-14H3,(H,40,50)(H,41,49)(H2,42,43,52)/t21-,22?,23+,24-,27-,31+/m0/s1. The maximum atomic E-state index is 14.5. The van der Waals surface area contributed by atoms with Crippen LogP contribution < -0.4 is 37.0 Å². The number of hydrogen-bond acceptors (Lipinski definition) is 8. The Labute approximate surface area is 308 Å². The van der Waals surface area contributed by atoms with Crippen LogP contribution in [0.25, 0.3) is 0 Å². The summed E-state index contributed by atoms with van der Waals surface area (Å²) in [5, 5.41) is 11.2. The van der Waals surface area contributed by atoms with Crippen LogP contribution in [0.5, 0.6) is 0 Å². The topological polar surface area (TPSA) is 174 Å². The van der Waals surface area contributed by atoms with Crippen molar-refractivity contribution in [1.82, 2.24) is 26.2 Å². The average Bonchev–Trinajstić information content (AvgIpc) is 3.32. The minimum atomic E-state index is -1.06. The van der Waals surface area contributed by atoms with Gasteiger partial charge in [-0.15, -0.1) is 6.58 Å². The quantitative estimate of drug-likeness (QED) is 0.167. The van der Waals surface area contributed by atoms with Gasteiger partial charge in [-0.3, -0.25) is 28.8 Å². The summed E-state index contributed by atoms with van der Waals surface area (Å²) in [6, 6.07) is -4.07. The summed E-state index contributed by atoms with van der Waals surface area (Å²) in [7, 11) is 1.73. The number of likely N-dealkylation sites (tertiary alicyclic amines) is 1. The number of anilines is 1. The van der Waals surface area contributed by atoms with Crippen molar-refractivity contribution in [3.05, 3.63) is 38.7 Å². The smallest absolute Gasteiger partial charge is 0.315 e. The van der Waals surface area contributed by atoms with Gasteiger partial charge in [-0.05, 0) is 39.9 Å². The molecular weight excluding hydrogens is 664 g/mol. The molecule has 2 fully saturated rings. The summed E-state index contributed by atoms with van der Waals surface area (Å²) >= 11 is 0. The van der Waals surface area contributed by atoms with E-state index in [1.165, 1.54) is 11.0 Å². The van der Waals surface area contributed by atoms with Crippen LogP contribution in [0, 0.1) is 28.1 Å². The third kappa shape index (κ3) is 8.77. The number of carbonyl (C=O) groups excluding carboxylic acids is 5. The van der Waals surface area contributed by atoms with E-state index >= 15 is 0 Å². The van der Waals surface area contributed by atoms with Crippen LogP contribution in [-0.2, 0) is 24.6 Å². The molecule has 13 nitrogen and oxygen atoms in total. The van der Waals surface area contributed by atoms with Gasteiger partial charge in [0.2, 0.25) is 28.5 Å². The predicted molar refractivity (Wildman–Crippen MR) is 203 cm³/mol. The third-order valence-corrected chi connectivity index (χ3v) is 10.8. The largest absolute Gasteiger partial charge is 0.369 e. The van der Waals surface area contributed by atoms with Gasteiger partial charge in [0.25, 0.3) is 5.91 Å². The van der Waals surface area contributed by atoms with Crippen molar-refractivity contribution in [1.29, 1.82) is 0 Å². The number of Topliss-reactive ketones (excluding diaryl/α,β-unsaturated/α-hetero) is 1. The number of piperidine rings is 1. The first-order chi connectivity index (χ1) is 23.7. The fourth-order valence-corrected chi connectivity index (χ4v) is 7.52. The average molecular weight is 727 g/mol. The fourth-order valence-electron chi connectivity index (χ4n) is 7.52. The second-order valence-electron chi connectivity index (χ2n) is 18.4. The normalized spacial score (nSPS) is 21.3. The van der Waals surface area contributed by atoms with E-state index in [0.717, 1.165) is 0 Å². The second kappa shape index (κ2) is 15.1. The van der Waals surface area contributed by atoms with Gasteiger partial charge in [-0.2, -0.15) is 0 Å². The minimum Gasteiger partial charge on any atom is -0.369 e. The van der Waals surface area contributed by atoms with Gasteiger partial charge >= 0.3 is 6.03 Å². The molecule has 1 saturated carbocycles. The summed E-state index contributed by atoms with van der Waals surface area (Å²) in [5.41, 5.74) is -2.21. The van der Waals surface area contributed by atoms with Gasteiger partial charge in [0.15, 0.2) is 0 Å². The number of rotatable bonds is 14. The van der Waals surface area contributed by atoms with Crippen LogP contribution in [0.3, 0.4) is 0 Å². The Kier molecular flexibility index (Phi) is 12.3. The van der Waals surface area contributed by atoms with Crippen molar-refractivity contribution in [3.63, 3.8) is 0 Å². The number of likely N-dealkylation sites (N-methyl/N-ethyl adjacent to an activating group) is 1. The van der Waals surface area contributed by atoms with Crippen LogP contribution in [0.2, 0.25) is 0 Å². The first-order valence-electron chi connectivity index (χ1n) is 18.4. The van der Waals surface area contributed by atoms with E-state index < -0.39 is 80.8 Å². The molecule has 0 aromatic heterocycles. The Balaban J connectivity index is 1.84. The highest BCUT2D eigenvalue weighted by Crippen LogP contribution is 2.65. The van der Waals surface area contributed by atoms with E-state index in [-0.39, 0.29) is 36.8 Å². The number of nitrogens with zero attached hydrogens (tertiary/aromatic N) is 2. The van der Waals surface area contributed by atoms with Crippen LogP contribution >= 0.6 is 0 Å². The number of nitrogens with one attached hydrogen (secondary N) is 4. The summed E-state index contributed by atoms with van der Waals surface area (Å²) in [6.45, 7) is 27.1. The second-order valence-corrected chi connectivity index (χ2v) is 18.4. The number of hydrogen-bond donors (Lipinski definition) is 4. The van der Waals surface area contributed by atoms with Crippen molar-refractivity contribution >= 4 is 35.2 Å². The molecule has 5 amide bonds. The molecule has 290 valence electrons. The number of carbonyl (C=O) groups is 5. The van der Waals surface area contributed by atoms with E-state index in [1.807, 2.05) is 83.1 Å². The Morgan fingerprint density at radius 1 is 0.942 bits per heavy atom. The van der Waals surface area contributed by atoms with Gasteiger partial charge < -0.3 is 31.1 Å². The lowest BCUT2D eigenvalue weighted by molar-refractivity contribution is -0.145. The maximum absolute atomic E-state index is 14.5. The number of amides is 5. The van der Waals surface area contributed by atoms with Crippen molar-refractivity contribution in [3.8, 4) is 0 Å². The molecule has 0 spiro atoms. The molecule has 1 aromatic carbocycles. The molecule has 1 aliphatic heterocycles. The van der Waals surface area contributed by atoms with Crippen LogP contribution in [0.15, 0.2) is 22.2 Å². The van der Waals surface area contributed by atoms with Crippen molar-refractivity contribution < 1.29 is 24.0 Å². The summed E-state index contributed by atoms with van der Waals surface area (Å²) < 4.78 is 0. The zero-order valence-corrected chi connectivity index (χ0v) is 33.5. The molecule has 13 heteroatoms. The van der Waals surface area contributed by atoms with E-state index in [4.69, 9.17) is 0 Å². The van der Waals surface area contributed by atoms with Gasteiger partial charge in [0.05, 0.1) is 17.8 Å². The van der Waals surface area contributed by atoms with Crippen LogP contribution in [0.1, 0.15) is 101 Å². The van der Waals surface area contributed by atoms with Crippen LogP contribution in [-0.4, -0.2) is 85.3 Å². The summed E-state index contributed by atoms with van der Waals surface area (Å²) in [6.07, 6.45) is 2.25. The molecular formula is C39H62N6O7. The molecule has 2 aliphatic rings. The Morgan fingerprint density at radius 2 is 1.54 bits per heavy atom. The highest BCUT2D eigenvalue weighted by atomic mass is 16.2. The lowest BCUT2D eigenvalue weighted by Gasteiger charge is -2.39. The van der Waals surface area contributed by atoms with E-state index in [9.17, 15) is 33.6 Å². The van der Waals surface area contributed by atoms with Gasteiger partial charge in [-0.25, -0.2) is 4.79 Å². The van der Waals surface area contributed by atoms with E-state index in [1.54, 1.807) is 11.9 Å². The summed E-state index contributed by atoms with van der Waals surface area (Å²) in [4.78, 5) is 96.1.